The second-order valence-corrected chi connectivity index (χ2v) is 3.61. The Morgan fingerprint density at radius 1 is 1.31 bits per heavy atom. The second-order valence-electron chi connectivity index (χ2n) is 3.61. The van der Waals surface area contributed by atoms with Crippen molar-refractivity contribution >= 4 is 17.8 Å². The fraction of sp³-hybridized carbons (Fsp3) is 0.364. The van der Waals surface area contributed by atoms with Crippen molar-refractivity contribution in [2.45, 2.75) is 20.3 Å². The quantitative estimate of drug-likeness (QED) is 0.550. The average molecular weight is 222 g/mol. The number of hydrogen-bond donors (Lipinski definition) is 2. The Morgan fingerprint density at radius 2 is 1.81 bits per heavy atom. The minimum atomic E-state index is -1.34. The zero-order valence-corrected chi connectivity index (χ0v) is 9.29. The Morgan fingerprint density at radius 3 is 2.19 bits per heavy atom. The van der Waals surface area contributed by atoms with E-state index >= 15 is 0 Å². The van der Waals surface area contributed by atoms with Gasteiger partial charge in [0.1, 0.15) is 0 Å². The molecule has 5 heteroatoms. The molecule has 1 heterocycles. The van der Waals surface area contributed by atoms with Gasteiger partial charge in [-0.3, -0.25) is 20.2 Å². The lowest BCUT2D eigenvalue weighted by Crippen LogP contribution is -2.62. The van der Waals surface area contributed by atoms with E-state index in [4.69, 9.17) is 0 Å². The molecule has 2 N–H and O–H groups in total. The van der Waals surface area contributed by atoms with Crippen molar-refractivity contribution < 1.29 is 14.4 Å². The summed E-state index contributed by atoms with van der Waals surface area (Å²) in [4.78, 5) is 34.7. The highest BCUT2D eigenvalue weighted by atomic mass is 16.2. The van der Waals surface area contributed by atoms with Crippen LogP contribution in [0, 0.1) is 5.41 Å². The zero-order valence-electron chi connectivity index (χ0n) is 9.29. The summed E-state index contributed by atoms with van der Waals surface area (Å²) in [6, 6.07) is -0.779. The minimum absolute atomic E-state index is 0.161. The Bertz CT molecular complexity index is 376. The van der Waals surface area contributed by atoms with Gasteiger partial charge in [-0.2, -0.15) is 0 Å². The van der Waals surface area contributed by atoms with Gasteiger partial charge in [0.05, 0.1) is 0 Å². The van der Waals surface area contributed by atoms with Crippen LogP contribution < -0.4 is 10.6 Å². The molecule has 4 amide bonds. The number of barbiturate groups is 1. The van der Waals surface area contributed by atoms with Crippen LogP contribution in [0.4, 0.5) is 4.79 Å². The van der Waals surface area contributed by atoms with E-state index in [1.165, 1.54) is 6.08 Å². The highest BCUT2D eigenvalue weighted by Gasteiger charge is 2.50. The van der Waals surface area contributed by atoms with Crippen LogP contribution in [0.5, 0.6) is 0 Å². The van der Waals surface area contributed by atoms with Gasteiger partial charge in [0.15, 0.2) is 5.41 Å². The van der Waals surface area contributed by atoms with Gasteiger partial charge in [0, 0.05) is 0 Å². The lowest BCUT2D eigenvalue weighted by molar-refractivity contribution is -0.141. The molecule has 0 saturated carbocycles. The number of urea groups is 1. The molecule has 0 atom stereocenters. The van der Waals surface area contributed by atoms with E-state index in [1.807, 2.05) is 0 Å². The summed E-state index contributed by atoms with van der Waals surface area (Å²) in [5, 5.41) is 4.20. The molecule has 0 bridgehead atoms. The van der Waals surface area contributed by atoms with Gasteiger partial charge in [0.2, 0.25) is 11.8 Å². The third-order valence-electron chi connectivity index (χ3n) is 2.79. The molecule has 0 unspecified atom stereocenters. The van der Waals surface area contributed by atoms with E-state index in [0.29, 0.717) is 5.57 Å². The van der Waals surface area contributed by atoms with Crippen molar-refractivity contribution in [1.82, 2.24) is 10.6 Å². The maximum Gasteiger partial charge on any atom is 0.328 e. The van der Waals surface area contributed by atoms with Crippen LogP contribution in [-0.2, 0) is 9.59 Å². The van der Waals surface area contributed by atoms with E-state index in [9.17, 15) is 14.4 Å². The summed E-state index contributed by atoms with van der Waals surface area (Å²) < 4.78 is 0. The van der Waals surface area contributed by atoms with Gasteiger partial charge in [-0.1, -0.05) is 17.7 Å². The van der Waals surface area contributed by atoms with E-state index in [1.54, 1.807) is 19.9 Å². The molecular formula is C11H14N2O3. The minimum Gasteiger partial charge on any atom is -0.277 e. The monoisotopic (exact) mass is 222 g/mol. The molecule has 1 fully saturated rings. The first-order valence-electron chi connectivity index (χ1n) is 4.90. The first kappa shape index (κ1) is 12.2. The first-order chi connectivity index (χ1) is 7.48. The molecule has 0 aromatic rings. The van der Waals surface area contributed by atoms with Crippen LogP contribution in [0.1, 0.15) is 20.3 Å². The number of nitrogens with one attached hydrogen (secondary N) is 2. The highest BCUT2D eigenvalue weighted by Crippen LogP contribution is 2.34. The Balaban J connectivity index is 3.27. The summed E-state index contributed by atoms with van der Waals surface area (Å²) in [6.45, 7) is 6.94. The van der Waals surface area contributed by atoms with Crippen LogP contribution >= 0.6 is 0 Å². The van der Waals surface area contributed by atoms with E-state index < -0.39 is 23.3 Å². The summed E-state index contributed by atoms with van der Waals surface area (Å²) >= 11 is 0. The molecular weight excluding hydrogens is 208 g/mol. The standard InChI is InChI=1S/C11H14N2O3/c1-4-6-11(7(3)5-2)8(14)12-10(16)13-9(11)15/h4-5H,1,6H2,2-3H3,(H2,12,13,14,15,16). The molecule has 1 saturated heterocycles. The topological polar surface area (TPSA) is 75.3 Å². The molecule has 0 radical (unpaired) electrons. The lowest BCUT2D eigenvalue weighted by Gasteiger charge is -2.33. The van der Waals surface area contributed by atoms with E-state index in [-0.39, 0.29) is 6.42 Å². The highest BCUT2D eigenvalue weighted by molar-refractivity contribution is 6.21. The van der Waals surface area contributed by atoms with Gasteiger partial charge >= 0.3 is 6.03 Å². The number of rotatable bonds is 3. The van der Waals surface area contributed by atoms with Crippen molar-refractivity contribution in [3.05, 3.63) is 24.3 Å². The molecule has 0 aromatic carbocycles. The molecule has 0 aliphatic carbocycles. The number of carbonyl (C=O) groups excluding carboxylic acids is 3. The van der Waals surface area contributed by atoms with Gasteiger partial charge in [-0.25, -0.2) is 4.79 Å². The SMILES string of the molecule is C=CCC1(C(C)=CC)C(=O)NC(=O)NC1=O. The fourth-order valence-electron chi connectivity index (χ4n) is 1.72. The smallest absolute Gasteiger partial charge is 0.277 e. The molecule has 1 aliphatic rings. The van der Waals surface area contributed by atoms with Crippen molar-refractivity contribution in [1.29, 1.82) is 0 Å². The van der Waals surface area contributed by atoms with Crippen LogP contribution in [0.3, 0.4) is 0 Å². The maximum absolute atomic E-state index is 11.8. The first-order valence-corrected chi connectivity index (χ1v) is 4.90. The molecule has 1 aliphatic heterocycles. The lowest BCUT2D eigenvalue weighted by atomic mass is 9.75. The number of carbonyl (C=O) groups is 3. The second kappa shape index (κ2) is 4.30. The largest absolute Gasteiger partial charge is 0.328 e. The van der Waals surface area contributed by atoms with E-state index in [0.717, 1.165) is 0 Å². The van der Waals surface area contributed by atoms with Crippen LogP contribution in [0.2, 0.25) is 0 Å². The van der Waals surface area contributed by atoms with Crippen molar-refractivity contribution in [3.8, 4) is 0 Å². The van der Waals surface area contributed by atoms with Gasteiger partial charge in [0.25, 0.3) is 0 Å². The van der Waals surface area contributed by atoms with Crippen LogP contribution in [-0.4, -0.2) is 17.8 Å². The normalized spacial score (nSPS) is 20.1. The van der Waals surface area contributed by atoms with E-state index in [2.05, 4.69) is 17.2 Å². The van der Waals surface area contributed by atoms with Crippen LogP contribution in [0.15, 0.2) is 24.3 Å². The average Bonchev–Trinajstić information content (AvgIpc) is 2.22. The van der Waals surface area contributed by atoms with Crippen molar-refractivity contribution in [3.63, 3.8) is 0 Å². The molecule has 0 aromatic heterocycles. The fourth-order valence-corrected chi connectivity index (χ4v) is 1.72. The van der Waals surface area contributed by atoms with Gasteiger partial charge in [-0.15, -0.1) is 6.58 Å². The van der Waals surface area contributed by atoms with Crippen molar-refractivity contribution in [2.24, 2.45) is 5.41 Å². The number of imide groups is 2. The third-order valence-corrected chi connectivity index (χ3v) is 2.79. The number of hydrogen-bond acceptors (Lipinski definition) is 3. The Kier molecular flexibility index (Phi) is 3.27. The predicted octanol–water partition coefficient (Wildman–Crippen LogP) is 0.881. The molecule has 1 rings (SSSR count). The summed E-state index contributed by atoms with van der Waals surface area (Å²) in [5.41, 5.74) is -0.750. The molecule has 86 valence electrons. The summed E-state index contributed by atoms with van der Waals surface area (Å²) in [6.07, 6.45) is 3.33. The van der Waals surface area contributed by atoms with Gasteiger partial charge in [-0.05, 0) is 20.3 Å². The number of amides is 4. The van der Waals surface area contributed by atoms with Gasteiger partial charge < -0.3 is 0 Å². The number of allylic oxidation sites excluding steroid dienone is 2. The van der Waals surface area contributed by atoms with Crippen molar-refractivity contribution in [2.75, 3.05) is 0 Å². The van der Waals surface area contributed by atoms with Crippen LogP contribution in [0.25, 0.3) is 0 Å². The molecule has 0 spiro atoms. The zero-order chi connectivity index (χ0) is 12.3. The Hall–Kier alpha value is -1.91. The predicted molar refractivity (Wildman–Crippen MR) is 58.4 cm³/mol. The summed E-state index contributed by atoms with van der Waals surface area (Å²) in [7, 11) is 0. The summed E-state index contributed by atoms with van der Waals surface area (Å²) in [5.74, 6) is -1.20. The molecule has 16 heavy (non-hydrogen) atoms. The Labute approximate surface area is 93.6 Å². The molecule has 5 nitrogen and oxygen atoms in total. The third kappa shape index (κ3) is 1.64. The maximum atomic E-state index is 11.8.